The van der Waals surface area contributed by atoms with Crippen LogP contribution in [0.1, 0.15) is 92.6 Å². The van der Waals surface area contributed by atoms with Gasteiger partial charge in [-0.1, -0.05) is 12.2 Å². The number of likely N-dealkylation sites (N-methyl/N-ethyl adjacent to an activating group) is 1. The van der Waals surface area contributed by atoms with E-state index in [9.17, 15) is 48.3 Å². The average Bonchev–Trinajstić information content (AvgIpc) is 3.33. The first-order valence-corrected chi connectivity index (χ1v) is 27.9. The molecule has 85 heavy (non-hydrogen) atoms. The van der Waals surface area contributed by atoms with Gasteiger partial charge in [-0.3, -0.25) is 73.4 Å². The molecular formula is C54H68N16O14S. The van der Waals surface area contributed by atoms with Crippen molar-refractivity contribution in [2.75, 3.05) is 57.4 Å². The number of aliphatic carboxylic acids is 1. The number of hydrogen-bond acceptors (Lipinski definition) is 20. The molecule has 6 aromatic rings. The van der Waals surface area contributed by atoms with Crippen LogP contribution in [0.4, 0.5) is 11.9 Å². The van der Waals surface area contributed by atoms with E-state index >= 15 is 0 Å². The largest absolute Gasteiger partial charge is 0.494 e. The number of aryl methyl sites for hydroxylation is 4. The van der Waals surface area contributed by atoms with Crippen molar-refractivity contribution in [3.05, 3.63) is 82.5 Å². The number of methoxy groups -OCH3 is 2. The maximum Gasteiger partial charge on any atom is 0.321 e. The fraction of sp³-hybridized carbons (Fsp3) is 0.426. The topological polar surface area (TPSA) is 414 Å². The quantitative estimate of drug-likeness (QED) is 0.0103. The summed E-state index contributed by atoms with van der Waals surface area (Å²) in [5.41, 5.74) is 20.2. The Balaban J connectivity index is 1.12. The zero-order valence-electron chi connectivity index (χ0n) is 47.8. The van der Waals surface area contributed by atoms with Crippen LogP contribution in [0.2, 0.25) is 0 Å². The average molecular weight is 1200 g/mol. The lowest BCUT2D eigenvalue weighted by atomic mass is 10.1. The highest BCUT2D eigenvalue weighted by Crippen LogP contribution is 2.34. The zero-order chi connectivity index (χ0) is 62.0. The number of aliphatic hydroxyl groups is 1. The first-order valence-electron chi connectivity index (χ1n) is 26.9. The van der Waals surface area contributed by atoms with Crippen molar-refractivity contribution in [2.24, 2.45) is 17.2 Å². The molecule has 7 amide bonds. The Morgan fingerprint density at radius 1 is 0.824 bits per heavy atom. The van der Waals surface area contributed by atoms with Crippen molar-refractivity contribution in [1.82, 2.24) is 53.8 Å². The normalized spacial score (nSPS) is 14.5. The molecule has 4 aromatic heterocycles. The van der Waals surface area contributed by atoms with E-state index < -0.39 is 83.3 Å². The molecule has 2 aromatic carbocycles. The Labute approximate surface area is 490 Å². The third-order valence-corrected chi connectivity index (χ3v) is 15.0. The first kappa shape index (κ1) is 63.4. The molecule has 11 N–H and O–H groups in total. The molecule has 1 aliphatic heterocycles. The smallest absolute Gasteiger partial charge is 0.321 e. The Kier molecular flexibility index (Phi) is 20.8. The van der Waals surface area contributed by atoms with Crippen LogP contribution in [0.25, 0.3) is 22.1 Å². The van der Waals surface area contributed by atoms with Crippen molar-refractivity contribution < 1.29 is 67.6 Å². The third kappa shape index (κ3) is 15.0. The second-order valence-corrected chi connectivity index (χ2v) is 20.9. The van der Waals surface area contributed by atoms with E-state index in [1.807, 2.05) is 13.8 Å². The maximum atomic E-state index is 14.0. The molecule has 5 heterocycles. The van der Waals surface area contributed by atoms with Gasteiger partial charge in [-0.05, 0) is 70.5 Å². The molecule has 1 saturated heterocycles. The number of carbonyl (C=O) groups excluding carboxylic acids is 8. The van der Waals surface area contributed by atoms with Gasteiger partial charge in [0.1, 0.15) is 46.2 Å². The molecule has 7 rings (SSSR count). The van der Waals surface area contributed by atoms with Gasteiger partial charge in [0, 0.05) is 76.0 Å². The predicted octanol–water partition coefficient (Wildman–Crippen LogP) is 1.13. The number of thioether (sulfide) groups is 1. The Bertz CT molecular complexity index is 3590. The first-order chi connectivity index (χ1) is 40.5. The molecule has 0 saturated carbocycles. The second kappa shape index (κ2) is 27.9. The number of nitrogens with zero attached hydrogens (tertiary/aromatic N) is 10. The van der Waals surface area contributed by atoms with Gasteiger partial charge < -0.3 is 55.7 Å². The molecular weight excluding hydrogens is 1130 g/mol. The van der Waals surface area contributed by atoms with Crippen LogP contribution in [-0.2, 0) is 54.9 Å². The minimum absolute atomic E-state index is 0.00236. The summed E-state index contributed by atoms with van der Waals surface area (Å²) in [6, 6.07) is 6.52. The Morgan fingerprint density at radius 2 is 1.35 bits per heavy atom. The van der Waals surface area contributed by atoms with Crippen molar-refractivity contribution in [2.45, 2.75) is 103 Å². The number of carboxylic acid groups (broad SMARTS) is 1. The highest BCUT2D eigenvalue weighted by Gasteiger charge is 2.40. The lowest BCUT2D eigenvalue weighted by Gasteiger charge is -2.27. The van der Waals surface area contributed by atoms with Gasteiger partial charge in [0.05, 0.1) is 61.0 Å². The number of likely N-dealkylation sites (tertiary alicyclic amines) is 1. The van der Waals surface area contributed by atoms with Crippen LogP contribution < -0.4 is 42.6 Å². The van der Waals surface area contributed by atoms with Crippen LogP contribution in [0.5, 0.6) is 11.5 Å². The predicted molar refractivity (Wildman–Crippen MR) is 308 cm³/mol. The maximum absolute atomic E-state index is 14.0. The number of benzene rings is 2. The molecule has 1 fully saturated rings. The summed E-state index contributed by atoms with van der Waals surface area (Å²) in [5.74, 6) is -5.94. The number of allylic oxidation sites excluding steroid dienone is 2. The number of amides is 7. The number of carbonyl (C=O) groups is 9. The van der Waals surface area contributed by atoms with Gasteiger partial charge in [-0.15, -0.1) is 11.8 Å². The minimum atomic E-state index is -1.49. The number of esters is 1. The van der Waals surface area contributed by atoms with Gasteiger partial charge >= 0.3 is 11.9 Å². The molecule has 30 nitrogen and oxygen atoms in total. The fourth-order valence-corrected chi connectivity index (χ4v) is 10.5. The van der Waals surface area contributed by atoms with E-state index in [0.29, 0.717) is 41.0 Å². The van der Waals surface area contributed by atoms with Gasteiger partial charge in [0.15, 0.2) is 0 Å². The van der Waals surface area contributed by atoms with E-state index in [2.05, 4.69) is 31.1 Å². The van der Waals surface area contributed by atoms with Crippen LogP contribution in [0.15, 0.2) is 48.6 Å². The molecule has 31 heteroatoms. The van der Waals surface area contributed by atoms with E-state index in [1.54, 1.807) is 51.9 Å². The highest BCUT2D eigenvalue weighted by molar-refractivity contribution is 8.00. The fourth-order valence-electron chi connectivity index (χ4n) is 9.39. The molecule has 0 radical (unpaired) electrons. The number of aromatic nitrogens is 8. The van der Waals surface area contributed by atoms with Gasteiger partial charge in [0.25, 0.3) is 11.8 Å². The van der Waals surface area contributed by atoms with E-state index in [1.165, 1.54) is 48.0 Å². The summed E-state index contributed by atoms with van der Waals surface area (Å²) in [4.78, 5) is 128. The number of ether oxygens (including phenoxy) is 3. The van der Waals surface area contributed by atoms with Crippen molar-refractivity contribution in [1.29, 1.82) is 0 Å². The van der Waals surface area contributed by atoms with Crippen LogP contribution >= 0.6 is 11.8 Å². The highest BCUT2D eigenvalue weighted by atomic mass is 32.2. The minimum Gasteiger partial charge on any atom is -0.494 e. The molecule has 1 aliphatic rings. The molecule has 0 bridgehead atoms. The number of carboxylic acids is 1. The zero-order valence-corrected chi connectivity index (χ0v) is 48.6. The summed E-state index contributed by atoms with van der Waals surface area (Å²) in [5, 5.41) is 36.5. The van der Waals surface area contributed by atoms with Crippen molar-refractivity contribution >= 4 is 99.0 Å². The SMILES string of the molecule is CCn1nc(C)cc1C(=O)Nc1nc2cc(C(N)=O)cc(OC)c2n1C/C=C/Cn1c(NC(=O)c2cc(C)nn2CC)nc2cc(C(N)=O)cc(OCCCN(C)C(=O)[C@H](CC(=O)OC)NC(O)CCN3C(=O)CC(SC[C@H](N)C(=O)O)C3=O)c21. The van der Waals surface area contributed by atoms with Gasteiger partial charge in [0.2, 0.25) is 41.4 Å². The summed E-state index contributed by atoms with van der Waals surface area (Å²) < 4.78 is 23.3. The monoisotopic (exact) mass is 1200 g/mol. The second-order valence-electron chi connectivity index (χ2n) is 19.7. The van der Waals surface area contributed by atoms with Crippen LogP contribution in [0, 0.1) is 13.8 Å². The van der Waals surface area contributed by atoms with Crippen LogP contribution in [-0.4, -0.2) is 182 Å². The van der Waals surface area contributed by atoms with Crippen molar-refractivity contribution in [3.63, 3.8) is 0 Å². The summed E-state index contributed by atoms with van der Waals surface area (Å²) in [7, 11) is 4.01. The lowest BCUT2D eigenvalue weighted by Crippen LogP contribution is -2.51. The number of fused-ring (bicyclic) bond motifs is 2. The third-order valence-electron chi connectivity index (χ3n) is 13.6. The molecule has 2 unspecified atom stereocenters. The number of rotatable bonds is 30. The summed E-state index contributed by atoms with van der Waals surface area (Å²) >= 11 is 0.945. The Morgan fingerprint density at radius 3 is 1.85 bits per heavy atom. The Hall–Kier alpha value is -9.20. The molecule has 4 atom stereocenters. The molecule has 454 valence electrons. The van der Waals surface area contributed by atoms with Crippen LogP contribution in [0.3, 0.4) is 0 Å². The number of aliphatic hydroxyl groups excluding tert-OH is 1. The molecule has 0 spiro atoms. The number of imidazole rings is 2. The van der Waals surface area contributed by atoms with E-state index in [4.69, 9.17) is 41.5 Å². The van der Waals surface area contributed by atoms with E-state index in [0.717, 1.165) is 23.8 Å². The van der Waals surface area contributed by atoms with Gasteiger partial charge in [-0.25, -0.2) is 9.97 Å². The molecule has 0 aliphatic carbocycles. The summed E-state index contributed by atoms with van der Waals surface area (Å²) in [6.45, 7) is 7.75. The van der Waals surface area contributed by atoms with Gasteiger partial charge in [-0.2, -0.15) is 10.2 Å². The number of nitrogens with one attached hydrogen (secondary N) is 3. The standard InChI is InChI=1S/C54H68N16O14S/c1-8-69-36(19-28(3)63-69)48(76)61-53-59-33-21-30(46(56)74)23-38(82-6)44(33)67(53)15-10-11-16-68-45-34(60-54(68)62-49(77)37-20-29(4)64-70(37)9-2)22-31(47(57)75)24-39(45)84-18-12-14-65(5)50(78)35(25-43(73)83-7)58-41(71)13-17-66-42(72)26-40(51(66)79)85-27-32(55)52(80)81/h10-11,19-24,32,35,40-41,58,71H,8-9,12-18,25-27,55H2,1-7H3,(H2,56,74)(H2,57,75)(H,80,81)(H,59,61,76)(H,60,62,77)/b11-10+/t32-,35-,40?,41?/m0/s1. The number of primary amides is 2. The number of nitrogens with two attached hydrogens (primary N) is 3. The van der Waals surface area contributed by atoms with E-state index in [-0.39, 0.29) is 109 Å². The van der Waals surface area contributed by atoms with Crippen molar-refractivity contribution in [3.8, 4) is 11.5 Å². The lowest BCUT2D eigenvalue weighted by molar-refractivity contribution is -0.145. The summed E-state index contributed by atoms with van der Waals surface area (Å²) in [6.07, 6.45) is 1.28. The number of imide groups is 1. The number of hydrogen-bond donors (Lipinski definition) is 8. The number of anilines is 2.